The second-order valence-electron chi connectivity index (χ2n) is 8.40. The van der Waals surface area contributed by atoms with Crippen molar-refractivity contribution in [2.75, 3.05) is 51.6 Å². The van der Waals surface area contributed by atoms with Crippen molar-refractivity contribution in [3.05, 3.63) is 53.7 Å². The third kappa shape index (κ3) is 18.0. The minimum atomic E-state index is -6.00. The van der Waals surface area contributed by atoms with Crippen molar-refractivity contribution in [1.29, 1.82) is 0 Å². The number of nitrogens with one attached hydrogen (secondary N) is 2. The fraction of sp³-hybridized carbons (Fsp3) is 0.333. The summed E-state index contributed by atoms with van der Waals surface area (Å²) in [5, 5.41) is 8.92. The molecule has 15 heteroatoms. The molecule has 0 aliphatic rings. The summed E-state index contributed by atoms with van der Waals surface area (Å²) in [7, 11) is 2.04. The molecule has 1 aromatic heterocycles. The summed E-state index contributed by atoms with van der Waals surface area (Å²) in [5.74, 6) is 0.650. The van der Waals surface area contributed by atoms with Crippen LogP contribution in [0.3, 0.4) is 0 Å². The first-order chi connectivity index (χ1) is 17.7. The van der Waals surface area contributed by atoms with Crippen LogP contribution in [0.5, 0.6) is 0 Å². The van der Waals surface area contributed by atoms with E-state index >= 15 is 0 Å². The van der Waals surface area contributed by atoms with Crippen LogP contribution in [0.15, 0.2) is 57.8 Å². The molecule has 0 spiro atoms. The van der Waals surface area contributed by atoms with Crippen LogP contribution < -0.4 is 15.8 Å². The Morgan fingerprint density at radius 3 is 1.97 bits per heavy atom. The Balaban J connectivity index is 0.00000220. The number of nitrogens with zero attached hydrogens (tertiary/aromatic N) is 6. The molecule has 0 saturated carbocycles. The largest absolute Gasteiger partial charge is 2.00 e. The monoisotopic (exact) mass is 616 g/mol. The van der Waals surface area contributed by atoms with Crippen molar-refractivity contribution in [2.45, 2.75) is 13.8 Å². The first kappa shape index (κ1) is 36.0. The molecule has 1 aromatic carbocycles. The third-order valence-corrected chi connectivity index (χ3v) is 4.87. The molecule has 0 aliphatic carbocycles. The molecule has 0 atom stereocenters. The smallest absolute Gasteiger partial charge is 0.741 e. The first-order valence-corrected chi connectivity index (χ1v) is 11.9. The van der Waals surface area contributed by atoms with Crippen LogP contribution in [0, 0.1) is 0 Å². The Bertz CT molecular complexity index is 1100. The fourth-order valence-electron chi connectivity index (χ4n) is 2.47. The average molecular weight is 616 g/mol. The topological polar surface area (TPSA) is 80.5 Å². The molecule has 2 rings (SSSR count). The molecule has 2 aromatic rings. The first-order valence-electron chi connectivity index (χ1n) is 11.5. The van der Waals surface area contributed by atoms with Crippen molar-refractivity contribution in [1.82, 2.24) is 15.3 Å². The molecule has 0 unspecified atom stereocenters. The van der Waals surface area contributed by atoms with Crippen molar-refractivity contribution >= 4 is 60.1 Å². The second-order valence-corrected chi connectivity index (χ2v) is 8.79. The van der Waals surface area contributed by atoms with Crippen molar-refractivity contribution in [2.24, 2.45) is 15.2 Å². The van der Waals surface area contributed by atoms with Gasteiger partial charge in [-0.1, -0.05) is 24.3 Å². The predicted octanol–water partition coefficient (Wildman–Crippen LogP) is 4.83. The van der Waals surface area contributed by atoms with E-state index in [1.54, 1.807) is 6.20 Å². The van der Waals surface area contributed by atoms with Crippen LogP contribution in [0.1, 0.15) is 25.0 Å². The van der Waals surface area contributed by atoms with E-state index in [1.807, 2.05) is 65.1 Å². The van der Waals surface area contributed by atoms with Gasteiger partial charge in [-0.05, 0) is 68.5 Å². The maximum atomic E-state index is 9.75. The molecule has 39 heavy (non-hydrogen) atoms. The van der Waals surface area contributed by atoms with E-state index in [1.165, 1.54) is 5.69 Å². The van der Waals surface area contributed by atoms with E-state index in [0.29, 0.717) is 29.0 Å². The minimum Gasteiger partial charge on any atom is -0.741 e. The molecule has 0 fully saturated rings. The molecular weight excluding hydrogens is 583 g/mol. The van der Waals surface area contributed by atoms with E-state index < -0.39 is 7.25 Å². The maximum Gasteiger partial charge on any atom is 2.00 e. The minimum absolute atomic E-state index is 0. The Hall–Kier alpha value is -3.00. The molecule has 0 aliphatic heterocycles. The van der Waals surface area contributed by atoms with E-state index in [0.717, 1.165) is 17.7 Å². The van der Waals surface area contributed by atoms with Crippen LogP contribution in [0.4, 0.5) is 28.8 Å². The summed E-state index contributed by atoms with van der Waals surface area (Å²) in [6, 6.07) is 12.3. The quantitative estimate of drug-likeness (QED) is 0.0995. The zero-order valence-corrected chi connectivity index (χ0v) is 24.4. The number of benzene rings is 1. The zero-order valence-electron chi connectivity index (χ0n) is 22.6. The van der Waals surface area contributed by atoms with Gasteiger partial charge in [0.15, 0.2) is 0 Å². The van der Waals surface area contributed by atoms with E-state index in [9.17, 15) is 17.3 Å². The Labute approximate surface area is 243 Å². The maximum absolute atomic E-state index is 9.75. The van der Waals surface area contributed by atoms with E-state index in [4.69, 9.17) is 12.6 Å². The number of aromatic nitrogens is 1. The van der Waals surface area contributed by atoms with Gasteiger partial charge in [0.05, 0.1) is 18.0 Å². The van der Waals surface area contributed by atoms with Crippen molar-refractivity contribution < 1.29 is 34.3 Å². The number of anilines is 2. The number of hydrogen-bond donors (Lipinski definition) is 2. The van der Waals surface area contributed by atoms with Gasteiger partial charge in [0.25, 0.3) is 0 Å². The molecule has 2 N–H and O–H groups in total. The van der Waals surface area contributed by atoms with Gasteiger partial charge >= 0.3 is 24.3 Å². The zero-order chi connectivity index (χ0) is 28.7. The normalized spacial score (nSPS) is 12.5. The van der Waals surface area contributed by atoms with Gasteiger partial charge in [-0.3, -0.25) is 15.8 Å². The average Bonchev–Trinajstić information content (AvgIpc) is 2.84. The van der Waals surface area contributed by atoms with Gasteiger partial charge in [0.1, 0.15) is 5.82 Å². The number of likely N-dealkylation sites (N-methyl/N-ethyl adjacent to an activating group) is 1. The summed E-state index contributed by atoms with van der Waals surface area (Å²) in [4.78, 5) is 12.8. The Morgan fingerprint density at radius 2 is 1.46 bits per heavy atom. The number of hydrazone groups is 2. The molecule has 217 valence electrons. The number of amidine groups is 1. The van der Waals surface area contributed by atoms with Crippen LogP contribution in [0.25, 0.3) is 12.2 Å². The second kappa shape index (κ2) is 18.3. The van der Waals surface area contributed by atoms with Gasteiger partial charge < -0.3 is 39.7 Å². The van der Waals surface area contributed by atoms with Gasteiger partial charge in [0, 0.05) is 32.5 Å². The summed E-state index contributed by atoms with van der Waals surface area (Å²) in [6.45, 7) is 5.17. The molecule has 1 heterocycles. The van der Waals surface area contributed by atoms with E-state index in [-0.39, 0.29) is 17.1 Å². The Morgan fingerprint density at radius 1 is 0.923 bits per heavy atom. The SMILES string of the molecule is CC(=N\NC([S-])=NCCN(C)C)/C(C)=N/Nc1ccc(/C=C/c2ccc(N(C)C)cc2)cn1.F[B-](F)(F)F.[64Cu+2]. The Kier molecular flexibility index (Phi) is 16.9. The third-order valence-electron chi connectivity index (χ3n) is 4.65. The van der Waals surface area contributed by atoms with Crippen LogP contribution in [0.2, 0.25) is 0 Å². The predicted molar refractivity (Wildman–Crippen MR) is 155 cm³/mol. The number of halogens is 4. The number of aliphatic imine (C=N–C) groups is 1. The number of hydrogen-bond acceptors (Lipinski definition) is 8. The summed E-state index contributed by atoms with van der Waals surface area (Å²) in [6.07, 6.45) is 5.90. The fourth-order valence-corrected chi connectivity index (χ4v) is 2.60. The molecule has 0 saturated heterocycles. The standard InChI is InChI=1S/C24H34N8S.BF4.Cu/c1-18(19(2)28-30-24(33)25-15-16-31(3)4)27-29-23-14-11-21(17-26-23)8-7-20-9-12-22(13-10-20)32(5)6;2-1(3,4)5;/h7-14,17H,15-16H2,1-6H3,(H,26,29)(H2,25,30,33);;/q;-1;+2/p-1/b8-7+,27-18+,28-19+;;/i;;1+0. The number of pyridine rings is 1. The number of rotatable bonds is 10. The van der Waals surface area contributed by atoms with Gasteiger partial charge in [-0.2, -0.15) is 10.2 Å². The molecular formula is C24H33BCuF4N8S. The van der Waals surface area contributed by atoms with Gasteiger partial charge in [-0.25, -0.2) is 4.98 Å². The van der Waals surface area contributed by atoms with Crippen LogP contribution >= 0.6 is 0 Å². The summed E-state index contributed by atoms with van der Waals surface area (Å²) < 4.78 is 39.0. The van der Waals surface area contributed by atoms with Gasteiger partial charge in [-0.15, -0.1) is 0 Å². The van der Waals surface area contributed by atoms with E-state index in [2.05, 4.69) is 66.3 Å². The molecule has 1 radical (unpaired) electrons. The summed E-state index contributed by atoms with van der Waals surface area (Å²) in [5.41, 5.74) is 10.5. The summed E-state index contributed by atoms with van der Waals surface area (Å²) >= 11 is 5.16. The van der Waals surface area contributed by atoms with Crippen LogP contribution in [-0.4, -0.2) is 75.0 Å². The van der Waals surface area contributed by atoms with Gasteiger partial charge in [0.2, 0.25) is 0 Å². The van der Waals surface area contributed by atoms with Crippen molar-refractivity contribution in [3.63, 3.8) is 0 Å². The van der Waals surface area contributed by atoms with Crippen molar-refractivity contribution in [3.8, 4) is 0 Å². The molecule has 0 bridgehead atoms. The van der Waals surface area contributed by atoms with Crippen LogP contribution in [-0.2, 0) is 29.7 Å². The molecule has 0 amide bonds. The molecule has 8 nitrogen and oxygen atoms in total.